The monoisotopic (exact) mass is 349 g/mol. The summed E-state index contributed by atoms with van der Waals surface area (Å²) in [7, 11) is 0.440. The molecule has 7 heteroatoms. The van der Waals surface area contributed by atoms with Gasteiger partial charge >= 0.3 is 0 Å². The second-order valence-corrected chi connectivity index (χ2v) is 7.11. The first-order valence-electron chi connectivity index (χ1n) is 5.99. The molecule has 0 aromatic heterocycles. The highest BCUT2D eigenvalue weighted by Gasteiger charge is 2.17. The van der Waals surface area contributed by atoms with Crippen LogP contribution >= 0.6 is 15.9 Å². The number of nitrogens with two attached hydrogens (primary N) is 1. The number of sulfonamides is 1. The molecule has 0 unspecified atom stereocenters. The van der Waals surface area contributed by atoms with Gasteiger partial charge in [-0.15, -0.1) is 0 Å². The minimum atomic E-state index is -3.47. The van der Waals surface area contributed by atoms with E-state index >= 15 is 0 Å². The Labute approximate surface area is 123 Å². The average Bonchev–Trinajstić information content (AvgIpc) is 2.34. The van der Waals surface area contributed by atoms with Crippen molar-refractivity contribution in [1.82, 2.24) is 9.62 Å². The summed E-state index contributed by atoms with van der Waals surface area (Å²) in [5, 5.41) is 0. The van der Waals surface area contributed by atoms with Crippen molar-refractivity contribution in [3.05, 3.63) is 28.2 Å². The normalized spacial score (nSPS) is 12.1. The second kappa shape index (κ2) is 7.35. The van der Waals surface area contributed by atoms with Crippen LogP contribution in [0.15, 0.2) is 27.6 Å². The molecule has 0 saturated heterocycles. The van der Waals surface area contributed by atoms with Gasteiger partial charge in [0.2, 0.25) is 10.0 Å². The highest BCUT2D eigenvalue weighted by Crippen LogP contribution is 2.22. The SMILES string of the molecule is CN(C)CCCNS(=O)(=O)c1ccc(CN)cc1Br. The van der Waals surface area contributed by atoms with E-state index in [1.165, 1.54) is 0 Å². The Morgan fingerprint density at radius 1 is 1.37 bits per heavy atom. The Morgan fingerprint density at radius 2 is 2.05 bits per heavy atom. The first-order chi connectivity index (χ1) is 8.86. The van der Waals surface area contributed by atoms with Gasteiger partial charge < -0.3 is 10.6 Å². The van der Waals surface area contributed by atoms with Crippen LogP contribution < -0.4 is 10.5 Å². The van der Waals surface area contributed by atoms with Gasteiger partial charge in [0.25, 0.3) is 0 Å². The smallest absolute Gasteiger partial charge is 0.241 e. The van der Waals surface area contributed by atoms with E-state index in [9.17, 15) is 8.42 Å². The molecule has 0 aliphatic rings. The van der Waals surface area contributed by atoms with Gasteiger partial charge in [-0.1, -0.05) is 6.07 Å². The molecule has 1 aromatic carbocycles. The lowest BCUT2D eigenvalue weighted by atomic mass is 10.2. The maximum Gasteiger partial charge on any atom is 0.241 e. The zero-order valence-corrected chi connectivity index (χ0v) is 13.6. The highest BCUT2D eigenvalue weighted by molar-refractivity contribution is 9.10. The van der Waals surface area contributed by atoms with Crippen molar-refractivity contribution in [3.8, 4) is 0 Å². The summed E-state index contributed by atoms with van der Waals surface area (Å²) in [4.78, 5) is 2.26. The van der Waals surface area contributed by atoms with Gasteiger partial charge in [-0.3, -0.25) is 0 Å². The molecule has 0 saturated carbocycles. The molecule has 19 heavy (non-hydrogen) atoms. The van der Waals surface area contributed by atoms with Crippen LogP contribution in [0.1, 0.15) is 12.0 Å². The molecule has 0 amide bonds. The quantitative estimate of drug-likeness (QED) is 0.723. The van der Waals surface area contributed by atoms with Crippen LogP contribution in [0.25, 0.3) is 0 Å². The van der Waals surface area contributed by atoms with E-state index in [1.807, 2.05) is 19.0 Å². The predicted molar refractivity (Wildman–Crippen MR) is 80.4 cm³/mol. The molecule has 1 aromatic rings. The van der Waals surface area contributed by atoms with Crippen LogP contribution in [0.3, 0.4) is 0 Å². The predicted octanol–water partition coefficient (Wildman–Crippen LogP) is 1.14. The first kappa shape index (κ1) is 16.6. The Bertz CT molecular complexity index is 518. The van der Waals surface area contributed by atoms with Gasteiger partial charge in [0.15, 0.2) is 0 Å². The van der Waals surface area contributed by atoms with Crippen molar-refractivity contribution in [3.63, 3.8) is 0 Å². The minimum Gasteiger partial charge on any atom is -0.326 e. The van der Waals surface area contributed by atoms with Gasteiger partial charge in [0.05, 0.1) is 4.90 Å². The number of hydrogen-bond acceptors (Lipinski definition) is 4. The van der Waals surface area contributed by atoms with E-state index in [2.05, 4.69) is 20.7 Å². The Morgan fingerprint density at radius 3 is 2.58 bits per heavy atom. The van der Waals surface area contributed by atoms with Crippen LogP contribution in [0, 0.1) is 0 Å². The molecule has 1 rings (SSSR count). The molecule has 0 aliphatic carbocycles. The number of nitrogens with one attached hydrogen (secondary N) is 1. The molecule has 0 fully saturated rings. The molecule has 0 aliphatic heterocycles. The fourth-order valence-electron chi connectivity index (χ4n) is 1.57. The zero-order chi connectivity index (χ0) is 14.5. The van der Waals surface area contributed by atoms with E-state index in [1.54, 1.807) is 18.2 Å². The van der Waals surface area contributed by atoms with Crippen LogP contribution in [0.5, 0.6) is 0 Å². The zero-order valence-electron chi connectivity index (χ0n) is 11.2. The summed E-state index contributed by atoms with van der Waals surface area (Å²) in [6.45, 7) is 1.65. The Balaban J connectivity index is 2.72. The van der Waals surface area contributed by atoms with E-state index < -0.39 is 10.0 Å². The summed E-state index contributed by atoms with van der Waals surface area (Å²) < 4.78 is 27.4. The van der Waals surface area contributed by atoms with Crippen LogP contribution in [0.4, 0.5) is 0 Å². The van der Waals surface area contributed by atoms with Gasteiger partial charge in [-0.05, 0) is 60.7 Å². The van der Waals surface area contributed by atoms with Crippen molar-refractivity contribution < 1.29 is 8.42 Å². The molecule has 0 atom stereocenters. The summed E-state index contributed by atoms with van der Waals surface area (Å²) in [5.74, 6) is 0. The molecule has 0 spiro atoms. The van der Waals surface area contributed by atoms with E-state index in [-0.39, 0.29) is 4.90 Å². The molecular weight excluding hydrogens is 330 g/mol. The van der Waals surface area contributed by atoms with E-state index in [0.717, 1.165) is 18.5 Å². The minimum absolute atomic E-state index is 0.245. The summed E-state index contributed by atoms with van der Waals surface area (Å²) in [6, 6.07) is 5.02. The standard InChI is InChI=1S/C12H20BrN3O2S/c1-16(2)7-3-6-15-19(17,18)12-5-4-10(9-14)8-11(12)13/h4-5,8,15H,3,6-7,9,14H2,1-2H3. The summed E-state index contributed by atoms with van der Waals surface area (Å²) in [5.41, 5.74) is 6.40. The molecule has 0 bridgehead atoms. The van der Waals surface area contributed by atoms with Crippen molar-refractivity contribution in [1.29, 1.82) is 0 Å². The number of nitrogens with zero attached hydrogens (tertiary/aromatic N) is 1. The van der Waals surface area contributed by atoms with Crippen molar-refractivity contribution in [2.24, 2.45) is 5.73 Å². The lowest BCUT2D eigenvalue weighted by Crippen LogP contribution is -2.27. The second-order valence-electron chi connectivity index (χ2n) is 4.52. The third kappa shape index (κ3) is 5.19. The number of halogens is 1. The van der Waals surface area contributed by atoms with E-state index in [4.69, 9.17) is 5.73 Å². The van der Waals surface area contributed by atoms with Gasteiger partial charge in [-0.2, -0.15) is 0 Å². The molecule has 0 radical (unpaired) electrons. The van der Waals surface area contributed by atoms with Crippen LogP contribution in [-0.2, 0) is 16.6 Å². The van der Waals surface area contributed by atoms with Gasteiger partial charge in [0.1, 0.15) is 0 Å². The van der Waals surface area contributed by atoms with E-state index in [0.29, 0.717) is 17.6 Å². The molecule has 3 N–H and O–H groups in total. The number of rotatable bonds is 7. The Hall–Kier alpha value is -0.470. The van der Waals surface area contributed by atoms with Crippen LogP contribution in [-0.4, -0.2) is 40.5 Å². The van der Waals surface area contributed by atoms with Gasteiger partial charge in [0, 0.05) is 17.6 Å². The fourth-order valence-corrected chi connectivity index (χ4v) is 3.77. The molecule has 108 valence electrons. The summed E-state index contributed by atoms with van der Waals surface area (Å²) in [6.07, 6.45) is 0.769. The number of hydrogen-bond donors (Lipinski definition) is 2. The molecule has 0 heterocycles. The number of benzene rings is 1. The largest absolute Gasteiger partial charge is 0.326 e. The van der Waals surface area contributed by atoms with Crippen molar-refractivity contribution in [2.45, 2.75) is 17.9 Å². The lowest BCUT2D eigenvalue weighted by molar-refractivity contribution is 0.400. The average molecular weight is 350 g/mol. The molecular formula is C12H20BrN3O2S. The topological polar surface area (TPSA) is 75.4 Å². The third-order valence-electron chi connectivity index (χ3n) is 2.60. The third-order valence-corrected chi connectivity index (χ3v) is 5.03. The summed E-state index contributed by atoms with van der Waals surface area (Å²) >= 11 is 3.27. The molecule has 5 nitrogen and oxygen atoms in total. The fraction of sp³-hybridized carbons (Fsp3) is 0.500. The highest BCUT2D eigenvalue weighted by atomic mass is 79.9. The lowest BCUT2D eigenvalue weighted by Gasteiger charge is -2.11. The maximum atomic E-state index is 12.1. The van der Waals surface area contributed by atoms with Crippen molar-refractivity contribution in [2.75, 3.05) is 27.2 Å². The van der Waals surface area contributed by atoms with Gasteiger partial charge in [-0.25, -0.2) is 13.1 Å². The van der Waals surface area contributed by atoms with Crippen molar-refractivity contribution >= 4 is 26.0 Å². The first-order valence-corrected chi connectivity index (χ1v) is 8.27. The van der Waals surface area contributed by atoms with Crippen LogP contribution in [0.2, 0.25) is 0 Å². The maximum absolute atomic E-state index is 12.1. The Kier molecular flexibility index (Phi) is 6.41.